The molecule has 0 spiro atoms. The van der Waals surface area contributed by atoms with Gasteiger partial charge in [0.05, 0.1) is 6.21 Å². The van der Waals surface area contributed by atoms with Crippen molar-refractivity contribution in [2.45, 2.75) is 6.10 Å². The number of halogens is 1. The molecule has 0 aliphatic rings. The number of amides is 1. The molecule has 0 bridgehead atoms. The van der Waals surface area contributed by atoms with E-state index in [1.54, 1.807) is 30.3 Å². The van der Waals surface area contributed by atoms with Crippen molar-refractivity contribution in [2.24, 2.45) is 5.10 Å². The zero-order valence-electron chi connectivity index (χ0n) is 10.5. The number of aliphatic hydroxyl groups excluding tert-OH is 1. The fourth-order valence-electron chi connectivity index (χ4n) is 1.57. The van der Waals surface area contributed by atoms with Crippen LogP contribution in [0.25, 0.3) is 0 Å². The number of rotatable bonds is 4. The molecule has 5 heteroatoms. The largest absolute Gasteiger partial charge is 0.378 e. The molecule has 102 valence electrons. The highest BCUT2D eigenvalue weighted by Crippen LogP contribution is 2.11. The summed E-state index contributed by atoms with van der Waals surface area (Å²) in [6, 6.07) is 14.2. The zero-order valence-corrected chi connectivity index (χ0v) is 10.5. The Morgan fingerprint density at radius 2 is 1.80 bits per heavy atom. The Labute approximate surface area is 115 Å². The fraction of sp³-hybridized carbons (Fsp3) is 0.0667. The molecule has 0 aliphatic carbocycles. The minimum Gasteiger partial charge on any atom is -0.378 e. The van der Waals surface area contributed by atoms with E-state index in [0.717, 1.165) is 0 Å². The van der Waals surface area contributed by atoms with Crippen LogP contribution in [0, 0.1) is 5.82 Å². The summed E-state index contributed by atoms with van der Waals surface area (Å²) in [6.07, 6.45) is 0.0938. The van der Waals surface area contributed by atoms with Crippen LogP contribution in [0.4, 0.5) is 4.39 Å². The molecule has 0 radical (unpaired) electrons. The molecule has 1 amide bonds. The van der Waals surface area contributed by atoms with Crippen molar-refractivity contribution in [3.63, 3.8) is 0 Å². The Balaban J connectivity index is 1.93. The van der Waals surface area contributed by atoms with Gasteiger partial charge in [-0.05, 0) is 23.3 Å². The van der Waals surface area contributed by atoms with E-state index in [4.69, 9.17) is 0 Å². The average molecular weight is 272 g/mol. The van der Waals surface area contributed by atoms with E-state index in [0.29, 0.717) is 11.1 Å². The number of aliphatic hydroxyl groups is 1. The third-order valence-electron chi connectivity index (χ3n) is 2.62. The molecule has 0 aliphatic heterocycles. The van der Waals surface area contributed by atoms with Gasteiger partial charge in [-0.15, -0.1) is 0 Å². The number of nitrogens with zero attached hydrogens (tertiary/aromatic N) is 1. The maximum Gasteiger partial charge on any atom is 0.273 e. The van der Waals surface area contributed by atoms with Gasteiger partial charge in [-0.25, -0.2) is 9.82 Å². The van der Waals surface area contributed by atoms with E-state index in [1.165, 1.54) is 30.5 Å². The highest BCUT2D eigenvalue weighted by Gasteiger charge is 2.15. The summed E-state index contributed by atoms with van der Waals surface area (Å²) >= 11 is 0. The molecular weight excluding hydrogens is 259 g/mol. The minimum atomic E-state index is -1.28. The number of hydrogen-bond donors (Lipinski definition) is 2. The molecule has 0 aromatic heterocycles. The Kier molecular flexibility index (Phi) is 4.57. The first kappa shape index (κ1) is 13.9. The number of hydrazone groups is 1. The number of nitrogens with one attached hydrogen (secondary N) is 1. The van der Waals surface area contributed by atoms with Crippen molar-refractivity contribution in [1.82, 2.24) is 5.43 Å². The van der Waals surface area contributed by atoms with Crippen molar-refractivity contribution in [3.05, 3.63) is 71.5 Å². The van der Waals surface area contributed by atoms with Gasteiger partial charge in [0.25, 0.3) is 5.91 Å². The van der Waals surface area contributed by atoms with E-state index >= 15 is 0 Å². The van der Waals surface area contributed by atoms with Gasteiger partial charge < -0.3 is 5.11 Å². The molecule has 1 atom stereocenters. The van der Waals surface area contributed by atoms with Gasteiger partial charge >= 0.3 is 0 Å². The fourth-order valence-corrected chi connectivity index (χ4v) is 1.57. The first-order chi connectivity index (χ1) is 9.66. The summed E-state index contributed by atoms with van der Waals surface area (Å²) in [6.45, 7) is 0. The Bertz CT molecular complexity index is 597. The van der Waals surface area contributed by atoms with Gasteiger partial charge in [0.15, 0.2) is 6.10 Å². The van der Waals surface area contributed by atoms with Gasteiger partial charge in [0, 0.05) is 0 Å². The standard InChI is InChI=1S/C15H13FN2O2/c16-13-8-6-11(7-9-13)10-17-18-15(20)14(19)12-4-2-1-3-5-12/h1-10,14,19H,(H,18,20)/b17-10-/t14-/m0/s1. The average Bonchev–Trinajstić information content (AvgIpc) is 2.49. The van der Waals surface area contributed by atoms with E-state index in [-0.39, 0.29) is 5.82 Å². The van der Waals surface area contributed by atoms with E-state index in [2.05, 4.69) is 10.5 Å². The van der Waals surface area contributed by atoms with Crippen LogP contribution in [0.15, 0.2) is 59.7 Å². The molecular formula is C15H13FN2O2. The normalized spacial score (nSPS) is 12.3. The molecule has 4 nitrogen and oxygen atoms in total. The molecule has 0 fully saturated rings. The highest BCUT2D eigenvalue weighted by atomic mass is 19.1. The van der Waals surface area contributed by atoms with Crippen molar-refractivity contribution in [2.75, 3.05) is 0 Å². The Morgan fingerprint density at radius 1 is 1.15 bits per heavy atom. The minimum absolute atomic E-state index is 0.342. The maximum atomic E-state index is 12.7. The molecule has 20 heavy (non-hydrogen) atoms. The number of carbonyl (C=O) groups is 1. The lowest BCUT2D eigenvalue weighted by Crippen LogP contribution is -2.25. The first-order valence-corrected chi connectivity index (χ1v) is 5.98. The molecule has 2 N–H and O–H groups in total. The summed E-state index contributed by atoms with van der Waals surface area (Å²) in [5, 5.41) is 13.5. The molecule has 2 aromatic carbocycles. The van der Waals surface area contributed by atoms with Crippen LogP contribution < -0.4 is 5.43 Å². The molecule has 0 saturated heterocycles. The Morgan fingerprint density at radius 3 is 2.45 bits per heavy atom. The van der Waals surface area contributed by atoms with Crippen LogP contribution in [0.3, 0.4) is 0 Å². The second kappa shape index (κ2) is 6.58. The predicted molar refractivity (Wildman–Crippen MR) is 73.5 cm³/mol. The van der Waals surface area contributed by atoms with Crippen LogP contribution in [0.5, 0.6) is 0 Å². The molecule has 2 rings (SSSR count). The summed E-state index contributed by atoms with van der Waals surface area (Å²) in [7, 11) is 0. The molecule has 0 unspecified atom stereocenters. The van der Waals surface area contributed by atoms with Crippen molar-refractivity contribution in [3.8, 4) is 0 Å². The van der Waals surface area contributed by atoms with Gasteiger partial charge in [-0.3, -0.25) is 4.79 Å². The third-order valence-corrected chi connectivity index (χ3v) is 2.62. The van der Waals surface area contributed by atoms with Crippen LogP contribution in [-0.2, 0) is 4.79 Å². The van der Waals surface area contributed by atoms with Crippen LogP contribution >= 0.6 is 0 Å². The lowest BCUT2D eigenvalue weighted by molar-refractivity contribution is -0.129. The van der Waals surface area contributed by atoms with Crippen LogP contribution in [0.2, 0.25) is 0 Å². The second-order valence-corrected chi connectivity index (χ2v) is 4.10. The zero-order chi connectivity index (χ0) is 14.4. The molecule has 0 heterocycles. The monoisotopic (exact) mass is 272 g/mol. The van der Waals surface area contributed by atoms with E-state index < -0.39 is 12.0 Å². The summed E-state index contributed by atoms with van der Waals surface area (Å²) in [5.41, 5.74) is 3.36. The van der Waals surface area contributed by atoms with Gasteiger partial charge in [-0.1, -0.05) is 42.5 Å². The SMILES string of the molecule is O=C(N/N=C\c1ccc(F)cc1)[C@@H](O)c1ccccc1. The second-order valence-electron chi connectivity index (χ2n) is 4.10. The lowest BCUT2D eigenvalue weighted by atomic mass is 10.1. The van der Waals surface area contributed by atoms with Gasteiger partial charge in [-0.2, -0.15) is 5.10 Å². The summed E-state index contributed by atoms with van der Waals surface area (Å²) in [4.78, 5) is 11.7. The number of carbonyl (C=O) groups excluding carboxylic acids is 1. The van der Waals surface area contributed by atoms with E-state index in [9.17, 15) is 14.3 Å². The molecule has 2 aromatic rings. The van der Waals surface area contributed by atoms with Crippen LogP contribution in [-0.4, -0.2) is 17.2 Å². The molecule has 0 saturated carbocycles. The lowest BCUT2D eigenvalue weighted by Gasteiger charge is -2.08. The van der Waals surface area contributed by atoms with E-state index in [1.807, 2.05) is 0 Å². The third kappa shape index (κ3) is 3.73. The van der Waals surface area contributed by atoms with Crippen molar-refractivity contribution in [1.29, 1.82) is 0 Å². The number of benzene rings is 2. The topological polar surface area (TPSA) is 61.7 Å². The first-order valence-electron chi connectivity index (χ1n) is 5.98. The summed E-state index contributed by atoms with van der Waals surface area (Å²) in [5.74, 6) is -0.972. The number of hydrogen-bond acceptors (Lipinski definition) is 3. The smallest absolute Gasteiger partial charge is 0.273 e. The maximum absolute atomic E-state index is 12.7. The highest BCUT2D eigenvalue weighted by molar-refractivity contribution is 5.84. The van der Waals surface area contributed by atoms with Gasteiger partial charge in [0.1, 0.15) is 5.82 Å². The van der Waals surface area contributed by atoms with Gasteiger partial charge in [0.2, 0.25) is 0 Å². The quantitative estimate of drug-likeness (QED) is 0.660. The summed E-state index contributed by atoms with van der Waals surface area (Å²) < 4.78 is 12.7. The van der Waals surface area contributed by atoms with Crippen molar-refractivity contribution >= 4 is 12.1 Å². The van der Waals surface area contributed by atoms with Crippen molar-refractivity contribution < 1.29 is 14.3 Å². The predicted octanol–water partition coefficient (Wildman–Crippen LogP) is 2.01. The van der Waals surface area contributed by atoms with Crippen LogP contribution in [0.1, 0.15) is 17.2 Å². The Hall–Kier alpha value is -2.53.